The maximum atomic E-state index is 13.7. The van der Waals surface area contributed by atoms with Crippen molar-refractivity contribution in [2.45, 2.75) is 25.6 Å². The molecule has 0 bridgehead atoms. The van der Waals surface area contributed by atoms with Crippen molar-refractivity contribution in [1.82, 2.24) is 25.2 Å². The van der Waals surface area contributed by atoms with E-state index in [0.29, 0.717) is 11.4 Å². The molecule has 2 amide bonds. The monoisotopic (exact) mass is 496 g/mol. The van der Waals surface area contributed by atoms with E-state index in [4.69, 9.17) is 0 Å². The fourth-order valence-electron chi connectivity index (χ4n) is 3.83. The minimum atomic E-state index is -0.974. The standard InChI is InChI=1S/C27H24N6O4/c34-26(32(18-20-9-3-6-14-28-20)19-21-10-4-7-15-29-21)17-24(22-11-1-2-13-25(22)33(36)37)31-27(35)23-12-5-8-16-30-23/h1-16,24H,17-19H2,(H,31,35). The van der Waals surface area contributed by atoms with Crippen molar-refractivity contribution in [3.05, 3.63) is 130 Å². The minimum Gasteiger partial charge on any atom is -0.343 e. The van der Waals surface area contributed by atoms with Crippen LogP contribution in [-0.2, 0) is 17.9 Å². The molecule has 1 N–H and O–H groups in total. The molecule has 0 spiro atoms. The number of nitrogens with zero attached hydrogens (tertiary/aromatic N) is 5. The highest BCUT2D eigenvalue weighted by Gasteiger charge is 2.28. The molecule has 0 radical (unpaired) electrons. The molecule has 3 heterocycles. The fourth-order valence-corrected chi connectivity index (χ4v) is 3.83. The maximum absolute atomic E-state index is 13.7. The van der Waals surface area contributed by atoms with E-state index in [1.54, 1.807) is 59.8 Å². The van der Waals surface area contributed by atoms with Crippen molar-refractivity contribution in [2.75, 3.05) is 0 Å². The lowest BCUT2D eigenvalue weighted by atomic mass is 10.0. The fraction of sp³-hybridized carbons (Fsp3) is 0.148. The van der Waals surface area contributed by atoms with E-state index in [-0.39, 0.29) is 42.4 Å². The smallest absolute Gasteiger partial charge is 0.274 e. The van der Waals surface area contributed by atoms with Crippen molar-refractivity contribution >= 4 is 17.5 Å². The van der Waals surface area contributed by atoms with Crippen LogP contribution in [0, 0.1) is 10.1 Å². The van der Waals surface area contributed by atoms with Gasteiger partial charge in [0, 0.05) is 24.7 Å². The second kappa shape index (κ2) is 12.1. The van der Waals surface area contributed by atoms with Crippen LogP contribution in [0.2, 0.25) is 0 Å². The van der Waals surface area contributed by atoms with E-state index in [2.05, 4.69) is 20.3 Å². The van der Waals surface area contributed by atoms with Crippen LogP contribution in [-0.4, -0.2) is 36.6 Å². The predicted molar refractivity (Wildman–Crippen MR) is 135 cm³/mol. The highest BCUT2D eigenvalue weighted by molar-refractivity contribution is 5.93. The predicted octanol–water partition coefficient (Wildman–Crippen LogP) is 3.87. The average molecular weight is 497 g/mol. The number of benzene rings is 1. The molecule has 3 aromatic heterocycles. The van der Waals surface area contributed by atoms with Gasteiger partial charge < -0.3 is 10.2 Å². The van der Waals surface area contributed by atoms with Gasteiger partial charge in [-0.25, -0.2) is 0 Å². The minimum absolute atomic E-state index is 0.136. The molecule has 10 nitrogen and oxygen atoms in total. The zero-order valence-corrected chi connectivity index (χ0v) is 19.8. The van der Waals surface area contributed by atoms with Gasteiger partial charge in [-0.3, -0.25) is 34.7 Å². The second-order valence-electron chi connectivity index (χ2n) is 8.15. The number of carbonyl (C=O) groups is 2. The van der Waals surface area contributed by atoms with E-state index in [1.807, 2.05) is 12.1 Å². The quantitative estimate of drug-likeness (QED) is 0.260. The summed E-state index contributed by atoms with van der Waals surface area (Å²) in [5.74, 6) is -0.877. The molecule has 0 saturated carbocycles. The topological polar surface area (TPSA) is 131 Å². The second-order valence-corrected chi connectivity index (χ2v) is 8.15. The van der Waals surface area contributed by atoms with E-state index >= 15 is 0 Å². The maximum Gasteiger partial charge on any atom is 0.274 e. The lowest BCUT2D eigenvalue weighted by Gasteiger charge is -2.25. The molecule has 0 aliphatic carbocycles. The molecule has 0 saturated heterocycles. The molecule has 4 aromatic rings. The van der Waals surface area contributed by atoms with Gasteiger partial charge in [-0.1, -0.05) is 36.4 Å². The first kappa shape index (κ1) is 25.1. The molecule has 10 heteroatoms. The van der Waals surface area contributed by atoms with Gasteiger partial charge in [-0.05, 0) is 36.4 Å². The Morgan fingerprint density at radius 3 is 1.92 bits per heavy atom. The number of rotatable bonds is 10. The van der Waals surface area contributed by atoms with Crippen LogP contribution in [0.25, 0.3) is 0 Å². The highest BCUT2D eigenvalue weighted by atomic mass is 16.6. The number of para-hydroxylation sites is 1. The molecule has 0 aliphatic heterocycles. The van der Waals surface area contributed by atoms with Crippen molar-refractivity contribution in [3.63, 3.8) is 0 Å². The number of aromatic nitrogens is 3. The summed E-state index contributed by atoms with van der Waals surface area (Å²) >= 11 is 0. The number of nitro groups is 1. The molecule has 4 rings (SSSR count). The number of nitrogens with one attached hydrogen (secondary N) is 1. The first-order valence-electron chi connectivity index (χ1n) is 11.5. The number of hydrogen-bond donors (Lipinski definition) is 1. The Bertz CT molecular complexity index is 1310. The number of carbonyl (C=O) groups excluding carboxylic acids is 2. The Balaban J connectivity index is 1.64. The zero-order valence-electron chi connectivity index (χ0n) is 19.8. The van der Waals surface area contributed by atoms with Crippen LogP contribution in [0.3, 0.4) is 0 Å². The van der Waals surface area contributed by atoms with Crippen LogP contribution in [0.1, 0.15) is 39.9 Å². The summed E-state index contributed by atoms with van der Waals surface area (Å²) in [5.41, 5.74) is 1.51. The molecule has 1 unspecified atom stereocenters. The third kappa shape index (κ3) is 6.79. The third-order valence-corrected chi connectivity index (χ3v) is 5.60. The van der Waals surface area contributed by atoms with Crippen LogP contribution in [0.5, 0.6) is 0 Å². The zero-order chi connectivity index (χ0) is 26.0. The largest absolute Gasteiger partial charge is 0.343 e. The lowest BCUT2D eigenvalue weighted by molar-refractivity contribution is -0.385. The first-order chi connectivity index (χ1) is 18.0. The lowest BCUT2D eigenvalue weighted by Crippen LogP contribution is -2.36. The van der Waals surface area contributed by atoms with Gasteiger partial charge in [-0.2, -0.15) is 0 Å². The van der Waals surface area contributed by atoms with E-state index in [0.717, 1.165) is 0 Å². The van der Waals surface area contributed by atoms with Crippen LogP contribution in [0.15, 0.2) is 97.5 Å². The number of hydrogen-bond acceptors (Lipinski definition) is 7. The van der Waals surface area contributed by atoms with Crippen molar-refractivity contribution < 1.29 is 14.5 Å². The molecular weight excluding hydrogens is 472 g/mol. The SMILES string of the molecule is O=C(NC(CC(=O)N(Cc1ccccn1)Cc1ccccn1)c1ccccc1[N+](=O)[O-])c1ccccn1. The Morgan fingerprint density at radius 1 is 0.811 bits per heavy atom. The molecule has 0 aliphatic rings. The summed E-state index contributed by atoms with van der Waals surface area (Å²) in [4.78, 5) is 52.1. The summed E-state index contributed by atoms with van der Waals surface area (Å²) < 4.78 is 0. The van der Waals surface area contributed by atoms with Gasteiger partial charge in [0.05, 0.1) is 47.4 Å². The van der Waals surface area contributed by atoms with Crippen LogP contribution >= 0.6 is 0 Å². The molecule has 1 atom stereocenters. The Kier molecular flexibility index (Phi) is 8.22. The van der Waals surface area contributed by atoms with Gasteiger partial charge in [-0.15, -0.1) is 0 Å². The Labute approximate surface area is 213 Å². The molecule has 186 valence electrons. The molecule has 37 heavy (non-hydrogen) atoms. The van der Waals surface area contributed by atoms with Crippen LogP contribution in [0.4, 0.5) is 5.69 Å². The Morgan fingerprint density at radius 2 is 1.38 bits per heavy atom. The van der Waals surface area contributed by atoms with Gasteiger partial charge in [0.25, 0.3) is 11.6 Å². The van der Waals surface area contributed by atoms with E-state index < -0.39 is 16.9 Å². The van der Waals surface area contributed by atoms with Crippen molar-refractivity contribution in [2.24, 2.45) is 0 Å². The van der Waals surface area contributed by atoms with Crippen LogP contribution < -0.4 is 5.32 Å². The Hall–Kier alpha value is -4.99. The average Bonchev–Trinajstić information content (AvgIpc) is 2.94. The molecule has 0 fully saturated rings. The van der Waals surface area contributed by atoms with Crippen molar-refractivity contribution in [1.29, 1.82) is 0 Å². The summed E-state index contributed by atoms with van der Waals surface area (Å²) in [6, 6.07) is 20.8. The number of pyridine rings is 3. The number of amides is 2. The van der Waals surface area contributed by atoms with Gasteiger partial charge >= 0.3 is 0 Å². The summed E-state index contributed by atoms with van der Waals surface area (Å²) in [6.07, 6.45) is 4.54. The van der Waals surface area contributed by atoms with Gasteiger partial charge in [0.15, 0.2) is 0 Å². The van der Waals surface area contributed by atoms with E-state index in [1.165, 1.54) is 30.5 Å². The summed E-state index contributed by atoms with van der Waals surface area (Å²) in [6.45, 7) is 0.405. The number of nitro benzene ring substituents is 1. The van der Waals surface area contributed by atoms with Crippen molar-refractivity contribution in [3.8, 4) is 0 Å². The third-order valence-electron chi connectivity index (χ3n) is 5.60. The summed E-state index contributed by atoms with van der Waals surface area (Å²) in [7, 11) is 0. The molecule has 1 aromatic carbocycles. The molecular formula is C27H24N6O4. The summed E-state index contributed by atoms with van der Waals surface area (Å²) in [5, 5.41) is 14.5. The van der Waals surface area contributed by atoms with E-state index in [9.17, 15) is 19.7 Å². The van der Waals surface area contributed by atoms with Gasteiger partial charge in [0.1, 0.15) is 5.69 Å². The first-order valence-corrected chi connectivity index (χ1v) is 11.5. The van der Waals surface area contributed by atoms with Gasteiger partial charge in [0.2, 0.25) is 5.91 Å². The normalized spacial score (nSPS) is 11.4. The highest BCUT2D eigenvalue weighted by Crippen LogP contribution is 2.28.